The fourth-order valence-electron chi connectivity index (χ4n) is 4.00. The molecule has 3 aliphatic rings. The van der Waals surface area contributed by atoms with E-state index in [4.69, 9.17) is 0 Å². The molecule has 0 radical (unpaired) electrons. The van der Waals surface area contributed by atoms with Gasteiger partial charge in [-0.25, -0.2) is 0 Å². The molecule has 0 aromatic heterocycles. The van der Waals surface area contributed by atoms with Crippen LogP contribution in [0.2, 0.25) is 0 Å². The number of hydrogen-bond acceptors (Lipinski definition) is 3. The van der Waals surface area contributed by atoms with E-state index in [9.17, 15) is 9.18 Å². The van der Waals surface area contributed by atoms with E-state index in [2.05, 4.69) is 27.4 Å². The van der Waals surface area contributed by atoms with Crippen molar-refractivity contribution in [3.8, 4) is 0 Å². The first-order valence-electron chi connectivity index (χ1n) is 8.26. The SMILES string of the molecule is CNC(=O)C1C=C2c3c(CCF)ccc4c3C(=CC2N(C)C1)C=N4. The maximum atomic E-state index is 13.1. The van der Waals surface area contributed by atoms with E-state index in [1.54, 1.807) is 7.05 Å². The number of rotatable bonds is 3. The van der Waals surface area contributed by atoms with E-state index in [0.717, 1.165) is 33.5 Å². The molecule has 24 heavy (non-hydrogen) atoms. The molecule has 1 aromatic carbocycles. The quantitative estimate of drug-likeness (QED) is 0.927. The van der Waals surface area contributed by atoms with Crippen molar-refractivity contribution in [2.45, 2.75) is 12.5 Å². The molecule has 2 heterocycles. The third-order valence-electron chi connectivity index (χ3n) is 5.13. The molecule has 124 valence electrons. The summed E-state index contributed by atoms with van der Waals surface area (Å²) in [7, 11) is 3.69. The standard InChI is InChI=1S/C19H20FN3O/c1-21-19(24)13-7-14-16(23(2)10-13)8-12-9-22-15-4-3-11(5-6-20)17(14)18(12)15/h3-4,7-9,13,16H,5-6,10H2,1-2H3,(H,21,24). The molecule has 4 rings (SSSR count). The molecule has 1 amide bonds. The van der Waals surface area contributed by atoms with Crippen LogP contribution in [0.3, 0.4) is 0 Å². The highest BCUT2D eigenvalue weighted by atomic mass is 19.1. The fraction of sp³-hybridized carbons (Fsp3) is 0.368. The number of halogens is 1. The number of likely N-dealkylation sites (N-methyl/N-ethyl adjacent to an activating group) is 1. The molecule has 0 saturated heterocycles. The topological polar surface area (TPSA) is 44.7 Å². The van der Waals surface area contributed by atoms with Gasteiger partial charge in [0.15, 0.2) is 0 Å². The first-order chi connectivity index (χ1) is 11.6. The second kappa shape index (κ2) is 5.67. The van der Waals surface area contributed by atoms with Crippen LogP contribution in [0.25, 0.3) is 11.1 Å². The van der Waals surface area contributed by atoms with Crippen LogP contribution in [-0.4, -0.2) is 50.4 Å². The van der Waals surface area contributed by atoms with Crippen LogP contribution in [0, 0.1) is 5.92 Å². The summed E-state index contributed by atoms with van der Waals surface area (Å²) in [5, 5.41) is 2.74. The Morgan fingerprint density at radius 3 is 2.96 bits per heavy atom. The fourth-order valence-corrected chi connectivity index (χ4v) is 4.00. The Labute approximate surface area is 140 Å². The molecule has 5 heteroatoms. The predicted molar refractivity (Wildman–Crippen MR) is 94.2 cm³/mol. The molecule has 2 atom stereocenters. The maximum absolute atomic E-state index is 13.1. The van der Waals surface area contributed by atoms with Crippen molar-refractivity contribution in [3.63, 3.8) is 0 Å². The molecular weight excluding hydrogens is 305 g/mol. The number of nitrogens with zero attached hydrogens (tertiary/aromatic N) is 2. The molecule has 1 aromatic rings. The second-order valence-electron chi connectivity index (χ2n) is 6.54. The number of alkyl halides is 1. The number of nitrogens with one attached hydrogen (secondary N) is 1. The number of amides is 1. The minimum Gasteiger partial charge on any atom is -0.359 e. The zero-order valence-electron chi connectivity index (χ0n) is 13.8. The van der Waals surface area contributed by atoms with Gasteiger partial charge < -0.3 is 5.32 Å². The van der Waals surface area contributed by atoms with Gasteiger partial charge in [0.05, 0.1) is 24.3 Å². The first-order valence-corrected chi connectivity index (χ1v) is 8.26. The highest BCUT2D eigenvalue weighted by Gasteiger charge is 2.36. The molecule has 2 aliphatic heterocycles. The molecule has 2 unspecified atom stereocenters. The van der Waals surface area contributed by atoms with Crippen LogP contribution in [0.5, 0.6) is 0 Å². The Hall–Kier alpha value is -2.27. The van der Waals surface area contributed by atoms with Crippen molar-refractivity contribution in [1.29, 1.82) is 0 Å². The Morgan fingerprint density at radius 1 is 1.38 bits per heavy atom. The van der Waals surface area contributed by atoms with Crippen molar-refractivity contribution >= 4 is 29.0 Å². The lowest BCUT2D eigenvalue weighted by molar-refractivity contribution is -0.123. The van der Waals surface area contributed by atoms with E-state index in [1.165, 1.54) is 0 Å². The normalized spacial score (nSPS) is 24.1. The maximum Gasteiger partial charge on any atom is 0.227 e. The predicted octanol–water partition coefficient (Wildman–Crippen LogP) is 2.37. The summed E-state index contributed by atoms with van der Waals surface area (Å²) in [6.45, 7) is 0.278. The van der Waals surface area contributed by atoms with Crippen LogP contribution in [0.1, 0.15) is 16.7 Å². The molecule has 0 spiro atoms. The summed E-state index contributed by atoms with van der Waals surface area (Å²) in [5.74, 6) is -0.184. The van der Waals surface area contributed by atoms with E-state index < -0.39 is 6.67 Å². The van der Waals surface area contributed by atoms with Gasteiger partial charge in [-0.05, 0) is 29.8 Å². The zero-order chi connectivity index (χ0) is 16.8. The molecule has 1 aliphatic carbocycles. The van der Waals surface area contributed by atoms with E-state index in [0.29, 0.717) is 13.0 Å². The summed E-state index contributed by atoms with van der Waals surface area (Å²) in [6, 6.07) is 4.04. The third-order valence-corrected chi connectivity index (χ3v) is 5.13. The Bertz CT molecular complexity index is 809. The molecule has 4 nitrogen and oxygen atoms in total. The number of allylic oxidation sites excluding steroid dienone is 1. The lowest BCUT2D eigenvalue weighted by Gasteiger charge is -2.39. The number of aryl methyl sites for hydroxylation is 1. The van der Waals surface area contributed by atoms with Gasteiger partial charge in [0.1, 0.15) is 0 Å². The average Bonchev–Trinajstić information content (AvgIpc) is 3.00. The van der Waals surface area contributed by atoms with Gasteiger partial charge in [-0.3, -0.25) is 19.1 Å². The highest BCUT2D eigenvalue weighted by molar-refractivity contribution is 6.20. The zero-order valence-corrected chi connectivity index (χ0v) is 13.8. The van der Waals surface area contributed by atoms with Gasteiger partial charge >= 0.3 is 0 Å². The van der Waals surface area contributed by atoms with E-state index in [-0.39, 0.29) is 17.9 Å². The number of aliphatic imine (C=N–C) groups is 1. The van der Waals surface area contributed by atoms with Gasteiger partial charge in [0, 0.05) is 37.4 Å². The van der Waals surface area contributed by atoms with Crippen LogP contribution in [0.15, 0.2) is 29.3 Å². The van der Waals surface area contributed by atoms with Gasteiger partial charge in [0.2, 0.25) is 5.91 Å². The van der Waals surface area contributed by atoms with Crippen molar-refractivity contribution in [2.24, 2.45) is 10.9 Å². The number of carbonyl (C=O) groups excluding carboxylic acids is 1. The molecule has 0 bridgehead atoms. The Morgan fingerprint density at radius 2 is 2.21 bits per heavy atom. The van der Waals surface area contributed by atoms with Gasteiger partial charge in [0.25, 0.3) is 0 Å². The number of carbonyl (C=O) groups is 1. The Balaban J connectivity index is 1.92. The minimum absolute atomic E-state index is 0.0124. The van der Waals surface area contributed by atoms with Crippen molar-refractivity contribution < 1.29 is 9.18 Å². The second-order valence-corrected chi connectivity index (χ2v) is 6.54. The molecule has 1 N–H and O–H groups in total. The van der Waals surface area contributed by atoms with Crippen molar-refractivity contribution in [2.75, 3.05) is 27.3 Å². The molecule has 0 fully saturated rings. The summed E-state index contributed by atoms with van der Waals surface area (Å²) >= 11 is 0. The number of fused-ring (bicyclic) bond motifs is 2. The van der Waals surface area contributed by atoms with Gasteiger partial charge in [-0.1, -0.05) is 18.2 Å². The van der Waals surface area contributed by atoms with Crippen LogP contribution < -0.4 is 5.32 Å². The highest BCUT2D eigenvalue weighted by Crippen LogP contribution is 2.46. The summed E-state index contributed by atoms with van der Waals surface area (Å²) < 4.78 is 13.1. The summed E-state index contributed by atoms with van der Waals surface area (Å²) in [5.41, 5.74) is 6.30. The van der Waals surface area contributed by atoms with Crippen LogP contribution in [0.4, 0.5) is 10.1 Å². The Kier molecular flexibility index (Phi) is 3.61. The van der Waals surface area contributed by atoms with E-state index in [1.807, 2.05) is 25.4 Å². The largest absolute Gasteiger partial charge is 0.359 e. The minimum atomic E-state index is -0.391. The number of benzene rings is 1. The molecular formula is C19H20FN3O. The van der Waals surface area contributed by atoms with E-state index >= 15 is 0 Å². The lowest BCUT2D eigenvalue weighted by Crippen LogP contribution is -2.44. The van der Waals surface area contributed by atoms with Crippen molar-refractivity contribution in [1.82, 2.24) is 10.2 Å². The lowest BCUT2D eigenvalue weighted by atomic mass is 9.77. The van der Waals surface area contributed by atoms with Gasteiger partial charge in [-0.15, -0.1) is 0 Å². The summed E-state index contributed by atoms with van der Waals surface area (Å²) in [6.07, 6.45) is 6.54. The van der Waals surface area contributed by atoms with Gasteiger partial charge in [-0.2, -0.15) is 0 Å². The first kappa shape index (κ1) is 15.3. The van der Waals surface area contributed by atoms with Crippen LogP contribution in [-0.2, 0) is 11.2 Å². The monoisotopic (exact) mass is 325 g/mol. The van der Waals surface area contributed by atoms with Crippen LogP contribution >= 0.6 is 0 Å². The molecule has 0 saturated carbocycles. The smallest absolute Gasteiger partial charge is 0.227 e. The number of hydrogen-bond donors (Lipinski definition) is 1. The average molecular weight is 325 g/mol. The van der Waals surface area contributed by atoms with Crippen molar-refractivity contribution in [3.05, 3.63) is 41.0 Å². The summed E-state index contributed by atoms with van der Waals surface area (Å²) in [4.78, 5) is 18.8. The third kappa shape index (κ3) is 2.15.